The second-order valence-electron chi connectivity index (χ2n) is 7.58. The monoisotopic (exact) mass is 411 g/mol. The van der Waals surface area contributed by atoms with Crippen molar-refractivity contribution in [2.45, 2.75) is 31.2 Å². The van der Waals surface area contributed by atoms with E-state index < -0.39 is 11.6 Å². The van der Waals surface area contributed by atoms with Crippen LogP contribution in [-0.4, -0.2) is 41.4 Å². The molecule has 2 aromatic rings. The maximum atomic E-state index is 13.0. The molecule has 1 heterocycles. The van der Waals surface area contributed by atoms with E-state index in [2.05, 4.69) is 16.7 Å². The Kier molecular flexibility index (Phi) is 5.28. The first-order chi connectivity index (χ1) is 14.0. The maximum absolute atomic E-state index is 13.0. The van der Waals surface area contributed by atoms with Crippen LogP contribution in [0.2, 0.25) is 5.02 Å². The summed E-state index contributed by atoms with van der Waals surface area (Å²) in [5, 5.41) is 6.29. The molecule has 1 saturated heterocycles. The van der Waals surface area contributed by atoms with Crippen molar-refractivity contribution in [1.29, 1.82) is 0 Å². The van der Waals surface area contributed by atoms with Crippen LogP contribution < -0.4 is 10.6 Å². The minimum Gasteiger partial charge on any atom is -0.354 e. The first-order valence-corrected chi connectivity index (χ1v) is 10.1. The molecule has 1 spiro atoms. The van der Waals surface area contributed by atoms with E-state index in [-0.39, 0.29) is 18.4 Å². The number of fused-ring (bicyclic) bond motifs is 1. The molecule has 150 valence electrons. The Bertz CT molecular complexity index is 960. The summed E-state index contributed by atoms with van der Waals surface area (Å²) < 4.78 is 0. The Morgan fingerprint density at radius 2 is 1.83 bits per heavy atom. The second kappa shape index (κ2) is 7.87. The summed E-state index contributed by atoms with van der Waals surface area (Å²) in [4.78, 5) is 38.8. The van der Waals surface area contributed by atoms with E-state index in [1.165, 1.54) is 5.56 Å². The number of imide groups is 1. The third-order valence-electron chi connectivity index (χ3n) is 5.63. The number of hydrogen-bond acceptors (Lipinski definition) is 3. The molecule has 1 fully saturated rings. The van der Waals surface area contributed by atoms with Crippen molar-refractivity contribution in [2.75, 3.05) is 13.1 Å². The van der Waals surface area contributed by atoms with E-state index in [1.54, 1.807) is 12.1 Å². The van der Waals surface area contributed by atoms with Gasteiger partial charge in [0.1, 0.15) is 12.1 Å². The molecule has 2 N–H and O–H groups in total. The molecule has 1 atom stereocenters. The van der Waals surface area contributed by atoms with Crippen molar-refractivity contribution in [1.82, 2.24) is 15.5 Å². The minimum atomic E-state index is -0.935. The molecule has 0 bridgehead atoms. The molecule has 1 aliphatic carbocycles. The Balaban J connectivity index is 1.34. The topological polar surface area (TPSA) is 78.5 Å². The number of hydrogen-bond donors (Lipinski definition) is 2. The maximum Gasteiger partial charge on any atom is 0.325 e. The smallest absolute Gasteiger partial charge is 0.325 e. The fourth-order valence-electron chi connectivity index (χ4n) is 4.04. The standard InChI is InChI=1S/C22H22ClN3O3/c23-18-7-5-15(6-8-18)10-12-24-19(27)14-26-20(28)22(25-21(26)29)11-9-16-3-1-2-4-17(16)13-22/h1-8H,9-14H2,(H,24,27)(H,25,29). The number of rotatable bonds is 5. The molecule has 1 aliphatic heterocycles. The van der Waals surface area contributed by atoms with Gasteiger partial charge in [0, 0.05) is 18.0 Å². The van der Waals surface area contributed by atoms with Gasteiger partial charge < -0.3 is 10.6 Å². The van der Waals surface area contributed by atoms with E-state index in [0.717, 1.165) is 22.4 Å². The second-order valence-corrected chi connectivity index (χ2v) is 8.01. The summed E-state index contributed by atoms with van der Waals surface area (Å²) in [5.74, 6) is -0.666. The molecular weight excluding hydrogens is 390 g/mol. The van der Waals surface area contributed by atoms with Crippen molar-refractivity contribution < 1.29 is 14.4 Å². The fourth-order valence-corrected chi connectivity index (χ4v) is 4.17. The molecule has 7 heteroatoms. The summed E-state index contributed by atoms with van der Waals surface area (Å²) in [7, 11) is 0. The van der Waals surface area contributed by atoms with Gasteiger partial charge in [-0.3, -0.25) is 14.5 Å². The van der Waals surface area contributed by atoms with Gasteiger partial charge in [-0.25, -0.2) is 4.79 Å². The average Bonchev–Trinajstić information content (AvgIpc) is 2.93. The van der Waals surface area contributed by atoms with Crippen molar-refractivity contribution >= 4 is 29.4 Å². The van der Waals surface area contributed by atoms with Gasteiger partial charge in [0.2, 0.25) is 5.91 Å². The highest BCUT2D eigenvalue weighted by Crippen LogP contribution is 2.33. The normalized spacial score (nSPS) is 20.5. The number of carbonyl (C=O) groups excluding carboxylic acids is 3. The predicted molar refractivity (Wildman–Crippen MR) is 110 cm³/mol. The Morgan fingerprint density at radius 1 is 1.10 bits per heavy atom. The van der Waals surface area contributed by atoms with Crippen molar-refractivity contribution in [3.63, 3.8) is 0 Å². The van der Waals surface area contributed by atoms with Crippen LogP contribution in [0.25, 0.3) is 0 Å². The lowest BCUT2D eigenvalue weighted by Gasteiger charge is -2.32. The summed E-state index contributed by atoms with van der Waals surface area (Å²) in [5.41, 5.74) is 2.39. The number of aryl methyl sites for hydroxylation is 1. The summed E-state index contributed by atoms with van der Waals surface area (Å²) in [6.45, 7) is 0.150. The van der Waals surface area contributed by atoms with Crippen LogP contribution in [0.5, 0.6) is 0 Å². The van der Waals surface area contributed by atoms with Gasteiger partial charge in [-0.15, -0.1) is 0 Å². The Hall–Kier alpha value is -2.86. The molecule has 29 heavy (non-hydrogen) atoms. The van der Waals surface area contributed by atoms with Gasteiger partial charge in [0.05, 0.1) is 0 Å². The average molecular weight is 412 g/mol. The van der Waals surface area contributed by atoms with Gasteiger partial charge in [-0.05, 0) is 48.1 Å². The van der Waals surface area contributed by atoms with Crippen molar-refractivity contribution in [3.8, 4) is 0 Å². The van der Waals surface area contributed by atoms with Crippen LogP contribution >= 0.6 is 11.6 Å². The van der Waals surface area contributed by atoms with Crippen molar-refractivity contribution in [2.24, 2.45) is 0 Å². The van der Waals surface area contributed by atoms with Gasteiger partial charge in [0.15, 0.2) is 0 Å². The lowest BCUT2D eigenvalue weighted by atomic mass is 9.78. The molecule has 1 unspecified atom stereocenters. The van der Waals surface area contributed by atoms with Crippen LogP contribution in [0.4, 0.5) is 4.79 Å². The van der Waals surface area contributed by atoms with Crippen LogP contribution in [0, 0.1) is 0 Å². The van der Waals surface area contributed by atoms with E-state index in [0.29, 0.717) is 30.8 Å². The van der Waals surface area contributed by atoms with Crippen LogP contribution in [0.3, 0.4) is 0 Å². The molecule has 2 aliphatic rings. The van der Waals surface area contributed by atoms with E-state index in [1.807, 2.05) is 30.3 Å². The largest absolute Gasteiger partial charge is 0.354 e. The molecule has 4 amide bonds. The third-order valence-corrected chi connectivity index (χ3v) is 5.88. The molecule has 0 radical (unpaired) electrons. The number of carbonyl (C=O) groups is 3. The predicted octanol–water partition coefficient (Wildman–Crippen LogP) is 2.48. The fraction of sp³-hybridized carbons (Fsp3) is 0.318. The highest BCUT2D eigenvalue weighted by Gasteiger charge is 2.52. The van der Waals surface area contributed by atoms with Gasteiger partial charge in [-0.2, -0.15) is 0 Å². The first kappa shape index (κ1) is 19.5. The highest BCUT2D eigenvalue weighted by atomic mass is 35.5. The zero-order chi connectivity index (χ0) is 20.4. The zero-order valence-corrected chi connectivity index (χ0v) is 16.7. The van der Waals surface area contributed by atoms with E-state index in [9.17, 15) is 14.4 Å². The van der Waals surface area contributed by atoms with Gasteiger partial charge >= 0.3 is 6.03 Å². The lowest BCUT2D eigenvalue weighted by molar-refractivity contribution is -0.135. The first-order valence-electron chi connectivity index (χ1n) is 9.69. The quantitative estimate of drug-likeness (QED) is 0.742. The van der Waals surface area contributed by atoms with Crippen LogP contribution in [0.15, 0.2) is 48.5 Å². The number of halogens is 1. The molecular formula is C22H22ClN3O3. The molecule has 4 rings (SSSR count). The summed E-state index contributed by atoms with van der Waals surface area (Å²) >= 11 is 5.86. The third kappa shape index (κ3) is 3.98. The summed E-state index contributed by atoms with van der Waals surface area (Å²) in [6, 6.07) is 14.9. The number of urea groups is 1. The zero-order valence-electron chi connectivity index (χ0n) is 15.9. The van der Waals surface area contributed by atoms with Gasteiger partial charge in [0.25, 0.3) is 5.91 Å². The minimum absolute atomic E-state index is 0.269. The number of nitrogens with zero attached hydrogens (tertiary/aromatic N) is 1. The van der Waals surface area contributed by atoms with Crippen LogP contribution in [-0.2, 0) is 28.9 Å². The van der Waals surface area contributed by atoms with Crippen molar-refractivity contribution in [3.05, 3.63) is 70.2 Å². The summed E-state index contributed by atoms with van der Waals surface area (Å²) in [6.07, 6.45) is 2.37. The number of benzene rings is 2. The number of amides is 4. The molecule has 6 nitrogen and oxygen atoms in total. The Labute approximate surface area is 174 Å². The van der Waals surface area contributed by atoms with E-state index in [4.69, 9.17) is 11.6 Å². The lowest BCUT2D eigenvalue weighted by Crippen LogP contribution is -2.51. The van der Waals surface area contributed by atoms with Crippen LogP contribution in [0.1, 0.15) is 23.1 Å². The molecule has 2 aromatic carbocycles. The SMILES string of the molecule is O=C(CN1C(=O)NC2(CCc3ccccc3C2)C1=O)NCCc1ccc(Cl)cc1. The molecule has 0 saturated carbocycles. The van der Waals surface area contributed by atoms with E-state index >= 15 is 0 Å². The number of nitrogens with one attached hydrogen (secondary N) is 2. The Morgan fingerprint density at radius 3 is 2.59 bits per heavy atom. The van der Waals surface area contributed by atoms with Gasteiger partial charge in [-0.1, -0.05) is 48.0 Å². The molecule has 0 aromatic heterocycles. The highest BCUT2D eigenvalue weighted by molar-refractivity contribution is 6.30.